The highest BCUT2D eigenvalue weighted by molar-refractivity contribution is 5.92. The van der Waals surface area contributed by atoms with E-state index in [1.807, 2.05) is 0 Å². The molecule has 3 aromatic rings. The minimum Gasteiger partial charge on any atom is -0.491 e. The number of hydrogen-bond acceptors (Lipinski definition) is 3. The number of halogens is 5. The molecule has 9 heteroatoms. The molecular formula is C19H17F5N2O2. The first-order valence-corrected chi connectivity index (χ1v) is 8.43. The van der Waals surface area contributed by atoms with Crippen molar-refractivity contribution in [3.8, 4) is 5.75 Å². The molecule has 0 fully saturated rings. The number of rotatable bonds is 7. The Morgan fingerprint density at radius 2 is 1.89 bits per heavy atom. The van der Waals surface area contributed by atoms with Crippen molar-refractivity contribution < 1.29 is 31.8 Å². The smallest absolute Gasteiger partial charge is 0.389 e. The number of hydrogen-bond donors (Lipinski definition) is 3. The normalized spacial score (nSPS) is 12.9. The molecule has 4 nitrogen and oxygen atoms in total. The highest BCUT2D eigenvalue weighted by Gasteiger charge is 2.26. The number of anilines is 1. The quantitative estimate of drug-likeness (QED) is 0.288. The van der Waals surface area contributed by atoms with Crippen LogP contribution in [0.2, 0.25) is 0 Å². The number of aromatic nitrogens is 1. The average Bonchev–Trinajstić information content (AvgIpc) is 3.01. The lowest BCUT2D eigenvalue weighted by atomic mass is 10.1. The number of H-pyrrole nitrogens is 1. The fourth-order valence-corrected chi connectivity index (χ4v) is 2.70. The summed E-state index contributed by atoms with van der Waals surface area (Å²) in [4.78, 5) is 2.92. The van der Waals surface area contributed by atoms with Crippen LogP contribution in [0.1, 0.15) is 24.6 Å². The number of benzene rings is 2. The zero-order valence-electron chi connectivity index (χ0n) is 14.5. The van der Waals surface area contributed by atoms with Gasteiger partial charge < -0.3 is 20.1 Å². The van der Waals surface area contributed by atoms with Gasteiger partial charge in [-0.05, 0) is 36.8 Å². The van der Waals surface area contributed by atoms with Gasteiger partial charge in [0.2, 0.25) is 0 Å². The SMILES string of the molecule is OC(Nc1c[nH]c2ccc(F)cc12)c1ccc(OCCCC(F)(F)F)c(F)c1. The highest BCUT2D eigenvalue weighted by Crippen LogP contribution is 2.29. The van der Waals surface area contributed by atoms with Gasteiger partial charge in [-0.3, -0.25) is 0 Å². The molecule has 150 valence electrons. The zero-order chi connectivity index (χ0) is 20.3. The minimum atomic E-state index is -4.28. The molecule has 1 heterocycles. The van der Waals surface area contributed by atoms with Gasteiger partial charge >= 0.3 is 6.18 Å². The van der Waals surface area contributed by atoms with Crippen LogP contribution in [0.25, 0.3) is 10.9 Å². The number of aliphatic hydroxyl groups excluding tert-OH is 1. The van der Waals surface area contributed by atoms with Crippen LogP contribution in [0.5, 0.6) is 5.75 Å². The molecule has 0 spiro atoms. The molecule has 3 N–H and O–H groups in total. The summed E-state index contributed by atoms with van der Waals surface area (Å²) in [6.07, 6.45) is -5.34. The predicted octanol–water partition coefficient (Wildman–Crippen LogP) is 5.27. The van der Waals surface area contributed by atoms with Crippen molar-refractivity contribution in [3.63, 3.8) is 0 Å². The van der Waals surface area contributed by atoms with Gasteiger partial charge in [-0.15, -0.1) is 0 Å². The van der Waals surface area contributed by atoms with E-state index in [-0.39, 0.29) is 24.3 Å². The summed E-state index contributed by atoms with van der Waals surface area (Å²) in [6.45, 7) is -0.280. The number of nitrogens with one attached hydrogen (secondary N) is 2. The van der Waals surface area contributed by atoms with E-state index in [0.717, 1.165) is 6.07 Å². The summed E-state index contributed by atoms with van der Waals surface area (Å²) in [7, 11) is 0. The topological polar surface area (TPSA) is 57.3 Å². The predicted molar refractivity (Wildman–Crippen MR) is 94.0 cm³/mol. The number of aromatic amines is 1. The molecule has 2 aromatic carbocycles. The van der Waals surface area contributed by atoms with Crippen molar-refractivity contribution in [1.29, 1.82) is 0 Å². The van der Waals surface area contributed by atoms with Crippen LogP contribution in [-0.4, -0.2) is 22.9 Å². The first-order valence-electron chi connectivity index (χ1n) is 8.43. The van der Waals surface area contributed by atoms with E-state index >= 15 is 0 Å². The van der Waals surface area contributed by atoms with Crippen LogP contribution >= 0.6 is 0 Å². The maximum Gasteiger partial charge on any atom is 0.389 e. The van der Waals surface area contributed by atoms with E-state index < -0.39 is 30.5 Å². The van der Waals surface area contributed by atoms with Gasteiger partial charge in [-0.2, -0.15) is 13.2 Å². The van der Waals surface area contributed by atoms with E-state index in [0.29, 0.717) is 16.6 Å². The van der Waals surface area contributed by atoms with Gasteiger partial charge in [-0.25, -0.2) is 8.78 Å². The van der Waals surface area contributed by atoms with Crippen LogP contribution in [0.15, 0.2) is 42.6 Å². The van der Waals surface area contributed by atoms with Gasteiger partial charge in [0, 0.05) is 29.1 Å². The van der Waals surface area contributed by atoms with E-state index in [1.54, 1.807) is 12.3 Å². The van der Waals surface area contributed by atoms with Crippen LogP contribution in [0.4, 0.5) is 27.6 Å². The first kappa shape index (κ1) is 19.9. The summed E-state index contributed by atoms with van der Waals surface area (Å²) in [5, 5.41) is 13.6. The lowest BCUT2D eigenvalue weighted by molar-refractivity contribution is -0.136. The van der Waals surface area contributed by atoms with Gasteiger partial charge in [0.05, 0.1) is 12.3 Å². The van der Waals surface area contributed by atoms with E-state index in [4.69, 9.17) is 4.74 Å². The molecule has 1 atom stereocenters. The Kier molecular flexibility index (Phi) is 5.73. The van der Waals surface area contributed by atoms with Crippen molar-refractivity contribution in [1.82, 2.24) is 4.98 Å². The average molecular weight is 400 g/mol. The Balaban J connectivity index is 1.64. The Bertz CT molecular complexity index is 955. The number of alkyl halides is 3. The summed E-state index contributed by atoms with van der Waals surface area (Å²) in [5.41, 5.74) is 1.26. The standard InChI is InChI=1S/C19H17F5N2O2/c20-12-3-4-15-13(9-12)16(10-25-15)26-18(27)11-2-5-17(14(21)8-11)28-7-1-6-19(22,23)24/h2-5,8-10,18,25-27H,1,6-7H2. The second-order valence-electron chi connectivity index (χ2n) is 6.20. The molecule has 1 unspecified atom stereocenters. The molecule has 1 aromatic heterocycles. The molecule has 0 amide bonds. The highest BCUT2D eigenvalue weighted by atomic mass is 19.4. The summed E-state index contributed by atoms with van der Waals surface area (Å²) >= 11 is 0. The monoisotopic (exact) mass is 400 g/mol. The minimum absolute atomic E-state index is 0.172. The molecule has 0 aliphatic rings. The van der Waals surface area contributed by atoms with E-state index in [1.165, 1.54) is 24.3 Å². The molecule has 0 saturated heterocycles. The van der Waals surface area contributed by atoms with Gasteiger partial charge in [0.15, 0.2) is 17.8 Å². The Morgan fingerprint density at radius 1 is 1.11 bits per heavy atom. The van der Waals surface area contributed by atoms with Crippen LogP contribution in [-0.2, 0) is 0 Å². The Hall–Kier alpha value is -2.81. The third kappa shape index (κ3) is 4.92. The first-order chi connectivity index (χ1) is 13.2. The number of ether oxygens (including phenoxy) is 1. The summed E-state index contributed by atoms with van der Waals surface area (Å²) in [5.74, 6) is -1.45. The van der Waals surface area contributed by atoms with Crippen molar-refractivity contribution >= 4 is 16.6 Å². The van der Waals surface area contributed by atoms with E-state index in [2.05, 4.69) is 10.3 Å². The van der Waals surface area contributed by atoms with Gasteiger partial charge in [0.25, 0.3) is 0 Å². The molecule has 0 radical (unpaired) electrons. The largest absolute Gasteiger partial charge is 0.491 e. The van der Waals surface area contributed by atoms with Crippen LogP contribution in [0, 0.1) is 11.6 Å². The van der Waals surface area contributed by atoms with Gasteiger partial charge in [-0.1, -0.05) is 6.07 Å². The van der Waals surface area contributed by atoms with Crippen molar-refractivity contribution in [2.75, 3.05) is 11.9 Å². The van der Waals surface area contributed by atoms with E-state index in [9.17, 15) is 27.1 Å². The lowest BCUT2D eigenvalue weighted by Gasteiger charge is -2.15. The third-order valence-electron chi connectivity index (χ3n) is 4.07. The maximum atomic E-state index is 14.1. The fourth-order valence-electron chi connectivity index (χ4n) is 2.70. The van der Waals surface area contributed by atoms with Crippen molar-refractivity contribution in [2.24, 2.45) is 0 Å². The van der Waals surface area contributed by atoms with Crippen LogP contribution < -0.4 is 10.1 Å². The molecule has 0 aliphatic carbocycles. The molecule has 0 aliphatic heterocycles. The zero-order valence-corrected chi connectivity index (χ0v) is 14.5. The summed E-state index contributed by atoms with van der Waals surface area (Å²) in [6, 6.07) is 7.77. The third-order valence-corrected chi connectivity index (χ3v) is 4.07. The fraction of sp³-hybridized carbons (Fsp3) is 0.263. The lowest BCUT2D eigenvalue weighted by Crippen LogP contribution is -2.11. The van der Waals surface area contributed by atoms with Crippen molar-refractivity contribution in [3.05, 3.63) is 59.8 Å². The van der Waals surface area contributed by atoms with Crippen LogP contribution in [0.3, 0.4) is 0 Å². The molecule has 28 heavy (non-hydrogen) atoms. The second-order valence-corrected chi connectivity index (χ2v) is 6.20. The number of aliphatic hydroxyl groups is 1. The summed E-state index contributed by atoms with van der Waals surface area (Å²) < 4.78 is 68.8. The Morgan fingerprint density at radius 3 is 2.61 bits per heavy atom. The molecule has 3 rings (SSSR count). The Labute approximate surface area is 156 Å². The molecule has 0 saturated carbocycles. The number of fused-ring (bicyclic) bond motifs is 1. The molecular weight excluding hydrogens is 383 g/mol. The van der Waals surface area contributed by atoms with Gasteiger partial charge in [0.1, 0.15) is 5.82 Å². The van der Waals surface area contributed by atoms with Crippen molar-refractivity contribution in [2.45, 2.75) is 25.2 Å². The molecule has 0 bridgehead atoms. The maximum absolute atomic E-state index is 14.1. The second kappa shape index (κ2) is 8.05.